The molecule has 1 aliphatic rings. The molecule has 1 fully saturated rings. The Balaban J connectivity index is 0.00000312. The Hall–Kier alpha value is -0.860. The second kappa shape index (κ2) is 8.68. The van der Waals surface area contributed by atoms with Crippen molar-refractivity contribution in [3.8, 4) is 0 Å². The maximum Gasteiger partial charge on any atom is 0.243 e. The first-order chi connectivity index (χ1) is 11.2. The van der Waals surface area contributed by atoms with Crippen molar-refractivity contribution in [2.45, 2.75) is 37.1 Å². The van der Waals surface area contributed by atoms with Gasteiger partial charge < -0.3 is 10.6 Å². The first-order valence-electron chi connectivity index (χ1n) is 8.02. The van der Waals surface area contributed by atoms with E-state index in [1.54, 1.807) is 24.0 Å². The fraction of sp³-hybridized carbons (Fsp3) is 0.562. The highest BCUT2D eigenvalue weighted by Crippen LogP contribution is 2.22. The molecule has 6 nitrogen and oxygen atoms in total. The molecule has 1 unspecified atom stereocenters. The molecule has 2 N–H and O–H groups in total. The summed E-state index contributed by atoms with van der Waals surface area (Å²) >= 11 is 5.88. The van der Waals surface area contributed by atoms with Crippen molar-refractivity contribution in [1.29, 1.82) is 0 Å². The minimum absolute atomic E-state index is 0. The van der Waals surface area contributed by atoms with Crippen LogP contribution in [0.1, 0.15) is 26.7 Å². The molecule has 0 spiro atoms. The van der Waals surface area contributed by atoms with E-state index in [2.05, 4.69) is 0 Å². The van der Waals surface area contributed by atoms with Crippen molar-refractivity contribution in [2.75, 3.05) is 26.2 Å². The summed E-state index contributed by atoms with van der Waals surface area (Å²) in [5, 5.41) is 0.378. The molecule has 9 heteroatoms. The average molecular weight is 410 g/mol. The van der Waals surface area contributed by atoms with Crippen LogP contribution in [-0.4, -0.2) is 55.2 Å². The van der Waals surface area contributed by atoms with E-state index in [-0.39, 0.29) is 36.3 Å². The van der Waals surface area contributed by atoms with Gasteiger partial charge >= 0.3 is 0 Å². The third-order valence-electron chi connectivity index (χ3n) is 4.22. The summed E-state index contributed by atoms with van der Waals surface area (Å²) in [5.41, 5.74) is 5.19. The van der Waals surface area contributed by atoms with Crippen molar-refractivity contribution >= 4 is 39.9 Å². The first kappa shape index (κ1) is 22.2. The molecule has 25 heavy (non-hydrogen) atoms. The number of benzene rings is 1. The van der Waals surface area contributed by atoms with Crippen LogP contribution in [0.2, 0.25) is 5.02 Å². The van der Waals surface area contributed by atoms with E-state index in [0.717, 1.165) is 6.42 Å². The summed E-state index contributed by atoms with van der Waals surface area (Å²) in [7, 11) is -3.60. The number of carbonyl (C=O) groups excluding carboxylic acids is 1. The van der Waals surface area contributed by atoms with Gasteiger partial charge in [-0.2, -0.15) is 4.31 Å². The van der Waals surface area contributed by atoms with Crippen molar-refractivity contribution in [1.82, 2.24) is 9.21 Å². The van der Waals surface area contributed by atoms with Gasteiger partial charge in [0.05, 0.1) is 10.4 Å². The lowest BCUT2D eigenvalue weighted by Crippen LogP contribution is -2.58. The van der Waals surface area contributed by atoms with Crippen LogP contribution >= 0.6 is 24.0 Å². The standard InChI is InChI=1S/C16H24ClN3O3S.ClH/c1-3-7-16(2,18)15(21)19-8-10-20(11-9-19)24(22,23)14-6-4-5-13(17)12-14;/h4-6,12H,3,7-11,18H2,1-2H3;1H. The molecule has 1 saturated heterocycles. The van der Waals surface area contributed by atoms with E-state index in [0.29, 0.717) is 24.5 Å². The zero-order valence-electron chi connectivity index (χ0n) is 14.4. The van der Waals surface area contributed by atoms with Crippen LogP contribution in [0.5, 0.6) is 0 Å². The second-order valence-corrected chi connectivity index (χ2v) is 8.70. The molecule has 0 radical (unpaired) electrons. The third-order valence-corrected chi connectivity index (χ3v) is 6.35. The predicted molar refractivity (Wildman–Crippen MR) is 102 cm³/mol. The Morgan fingerprint density at radius 3 is 2.40 bits per heavy atom. The number of nitrogens with two attached hydrogens (primary N) is 1. The lowest BCUT2D eigenvalue weighted by atomic mass is 9.95. The monoisotopic (exact) mass is 409 g/mol. The number of sulfonamides is 1. The largest absolute Gasteiger partial charge is 0.338 e. The molecule has 1 aromatic carbocycles. The predicted octanol–water partition coefficient (Wildman–Crippen LogP) is 2.11. The molecule has 1 aromatic rings. The van der Waals surface area contributed by atoms with Gasteiger partial charge in [-0.25, -0.2) is 8.42 Å². The van der Waals surface area contributed by atoms with Crippen molar-refractivity contribution in [3.05, 3.63) is 29.3 Å². The lowest BCUT2D eigenvalue weighted by molar-refractivity contribution is -0.137. The van der Waals surface area contributed by atoms with E-state index in [1.165, 1.54) is 16.4 Å². The fourth-order valence-corrected chi connectivity index (χ4v) is 4.62. The number of hydrogen-bond donors (Lipinski definition) is 1. The number of piperazine rings is 1. The Labute approximate surface area is 160 Å². The minimum atomic E-state index is -3.60. The highest BCUT2D eigenvalue weighted by Gasteiger charge is 2.36. The van der Waals surface area contributed by atoms with Gasteiger partial charge in [-0.1, -0.05) is 31.0 Å². The highest BCUT2D eigenvalue weighted by atomic mass is 35.5. The first-order valence-corrected chi connectivity index (χ1v) is 9.84. The molecule has 0 saturated carbocycles. The van der Waals surface area contributed by atoms with Gasteiger partial charge in [0.2, 0.25) is 15.9 Å². The van der Waals surface area contributed by atoms with E-state index < -0.39 is 15.6 Å². The maximum atomic E-state index is 12.7. The van der Waals surface area contributed by atoms with Crippen LogP contribution in [0.15, 0.2) is 29.2 Å². The highest BCUT2D eigenvalue weighted by molar-refractivity contribution is 7.89. The second-order valence-electron chi connectivity index (χ2n) is 6.32. The summed E-state index contributed by atoms with van der Waals surface area (Å²) in [6.45, 7) is 4.90. The van der Waals surface area contributed by atoms with E-state index in [1.807, 2.05) is 6.92 Å². The fourth-order valence-electron chi connectivity index (χ4n) is 2.90. The van der Waals surface area contributed by atoms with Crippen LogP contribution in [0.4, 0.5) is 0 Å². The van der Waals surface area contributed by atoms with Crippen LogP contribution in [0.3, 0.4) is 0 Å². The van der Waals surface area contributed by atoms with Gasteiger partial charge in [-0.3, -0.25) is 4.79 Å². The zero-order valence-corrected chi connectivity index (χ0v) is 16.8. The maximum absolute atomic E-state index is 12.7. The number of nitrogens with zero attached hydrogens (tertiary/aromatic N) is 2. The van der Waals surface area contributed by atoms with Crippen LogP contribution < -0.4 is 5.73 Å². The van der Waals surface area contributed by atoms with Gasteiger partial charge in [0, 0.05) is 31.2 Å². The molecule has 0 bridgehead atoms. The van der Waals surface area contributed by atoms with E-state index in [9.17, 15) is 13.2 Å². The summed E-state index contributed by atoms with van der Waals surface area (Å²) in [6.07, 6.45) is 1.43. The molecular weight excluding hydrogens is 385 g/mol. The Kier molecular flexibility index (Phi) is 7.71. The van der Waals surface area contributed by atoms with Gasteiger partial charge in [-0.15, -0.1) is 12.4 Å². The summed E-state index contributed by atoms with van der Waals surface area (Å²) in [4.78, 5) is 14.3. The molecule has 1 heterocycles. The van der Waals surface area contributed by atoms with Gasteiger partial charge in [0.25, 0.3) is 0 Å². The summed E-state index contributed by atoms with van der Waals surface area (Å²) in [6, 6.07) is 6.20. The molecule has 0 aromatic heterocycles. The zero-order chi connectivity index (χ0) is 18.0. The summed E-state index contributed by atoms with van der Waals surface area (Å²) in [5.74, 6) is -0.121. The van der Waals surface area contributed by atoms with E-state index in [4.69, 9.17) is 17.3 Å². The smallest absolute Gasteiger partial charge is 0.243 e. The molecule has 0 aliphatic carbocycles. The molecule has 2 rings (SSSR count). The molecule has 1 atom stereocenters. The Morgan fingerprint density at radius 1 is 1.28 bits per heavy atom. The number of rotatable bonds is 5. The quantitative estimate of drug-likeness (QED) is 0.806. The normalized spacial score (nSPS) is 18.3. The third kappa shape index (κ3) is 5.08. The molecule has 1 amide bonds. The Morgan fingerprint density at radius 2 is 1.88 bits per heavy atom. The van der Waals surface area contributed by atoms with E-state index >= 15 is 0 Å². The number of amides is 1. The molecular formula is C16H25Cl2N3O3S. The van der Waals surface area contributed by atoms with Crippen molar-refractivity contribution < 1.29 is 13.2 Å². The van der Waals surface area contributed by atoms with Gasteiger partial charge in [0.1, 0.15) is 0 Å². The number of carbonyl (C=O) groups is 1. The minimum Gasteiger partial charge on any atom is -0.338 e. The number of hydrogen-bond acceptors (Lipinski definition) is 4. The van der Waals surface area contributed by atoms with Gasteiger partial charge in [0.15, 0.2) is 0 Å². The average Bonchev–Trinajstić information content (AvgIpc) is 2.54. The topological polar surface area (TPSA) is 83.7 Å². The SMILES string of the molecule is CCCC(C)(N)C(=O)N1CCN(S(=O)(=O)c2cccc(Cl)c2)CC1.Cl. The van der Waals surface area contributed by atoms with Gasteiger partial charge in [-0.05, 0) is 31.5 Å². The van der Waals surface area contributed by atoms with Crippen molar-refractivity contribution in [3.63, 3.8) is 0 Å². The molecule has 142 valence electrons. The lowest BCUT2D eigenvalue weighted by Gasteiger charge is -2.37. The van der Waals surface area contributed by atoms with Crippen LogP contribution in [-0.2, 0) is 14.8 Å². The molecule has 1 aliphatic heterocycles. The van der Waals surface area contributed by atoms with Crippen molar-refractivity contribution in [2.24, 2.45) is 5.73 Å². The number of halogens is 2. The van der Waals surface area contributed by atoms with Crippen LogP contribution in [0, 0.1) is 0 Å². The Bertz CT molecular complexity index is 702. The van der Waals surface area contributed by atoms with Crippen LogP contribution in [0.25, 0.3) is 0 Å². The summed E-state index contributed by atoms with van der Waals surface area (Å²) < 4.78 is 26.7.